The van der Waals surface area contributed by atoms with Gasteiger partial charge in [-0.3, -0.25) is 4.79 Å². The van der Waals surface area contributed by atoms with Gasteiger partial charge in [0.15, 0.2) is 6.10 Å². The zero-order valence-corrected chi connectivity index (χ0v) is 14.3. The van der Waals surface area contributed by atoms with Crippen LogP contribution in [0.5, 0.6) is 0 Å². The molecule has 0 radical (unpaired) electrons. The Morgan fingerprint density at radius 2 is 2.05 bits per heavy atom. The van der Waals surface area contributed by atoms with Crippen LogP contribution in [0.1, 0.15) is 43.0 Å². The van der Waals surface area contributed by atoms with Gasteiger partial charge in [-0.25, -0.2) is 4.79 Å². The van der Waals surface area contributed by atoms with Crippen LogP contribution in [0, 0.1) is 0 Å². The monoisotopic (exact) mass is 341 g/mol. The van der Waals surface area contributed by atoms with Gasteiger partial charge in [0.25, 0.3) is 5.91 Å². The van der Waals surface area contributed by atoms with Crippen LogP contribution < -0.4 is 5.32 Å². The Kier molecular flexibility index (Phi) is 6.15. The molecule has 0 saturated heterocycles. The number of benzene rings is 1. The largest absolute Gasteiger partial charge is 0.449 e. The highest BCUT2D eigenvalue weighted by molar-refractivity contribution is 7.98. The molecular formula is C16H20ClNO3S. The van der Waals surface area contributed by atoms with E-state index < -0.39 is 12.1 Å². The third-order valence-electron chi connectivity index (χ3n) is 3.75. The van der Waals surface area contributed by atoms with Crippen LogP contribution in [-0.2, 0) is 9.53 Å². The average Bonchev–Trinajstić information content (AvgIpc) is 3.00. The minimum atomic E-state index is -0.831. The molecule has 1 fully saturated rings. The minimum Gasteiger partial charge on any atom is -0.449 e. The van der Waals surface area contributed by atoms with Crippen LogP contribution in [0.15, 0.2) is 23.1 Å². The van der Waals surface area contributed by atoms with Gasteiger partial charge in [0.1, 0.15) is 0 Å². The first-order valence-electron chi connectivity index (χ1n) is 7.36. The van der Waals surface area contributed by atoms with Crippen LogP contribution in [-0.4, -0.2) is 30.3 Å². The average molecular weight is 342 g/mol. The molecule has 0 heterocycles. The van der Waals surface area contributed by atoms with E-state index in [9.17, 15) is 9.59 Å². The van der Waals surface area contributed by atoms with Gasteiger partial charge in [-0.05, 0) is 44.2 Å². The Bertz CT molecular complexity index is 558. The summed E-state index contributed by atoms with van der Waals surface area (Å²) < 4.78 is 5.24. The van der Waals surface area contributed by atoms with Gasteiger partial charge in [0.05, 0.1) is 10.6 Å². The van der Waals surface area contributed by atoms with Gasteiger partial charge in [0, 0.05) is 10.9 Å². The molecule has 1 saturated carbocycles. The molecule has 22 heavy (non-hydrogen) atoms. The molecule has 2 rings (SSSR count). The molecular weight excluding hydrogens is 322 g/mol. The Morgan fingerprint density at radius 3 is 2.68 bits per heavy atom. The molecule has 6 heteroatoms. The van der Waals surface area contributed by atoms with E-state index in [2.05, 4.69) is 5.32 Å². The van der Waals surface area contributed by atoms with Gasteiger partial charge in [0.2, 0.25) is 0 Å². The summed E-state index contributed by atoms with van der Waals surface area (Å²) in [7, 11) is 0. The fourth-order valence-electron chi connectivity index (χ4n) is 2.45. The van der Waals surface area contributed by atoms with Crippen molar-refractivity contribution in [2.24, 2.45) is 0 Å². The second kappa shape index (κ2) is 7.88. The molecule has 1 N–H and O–H groups in total. The quantitative estimate of drug-likeness (QED) is 0.656. The summed E-state index contributed by atoms with van der Waals surface area (Å²) in [6, 6.07) is 5.38. The number of esters is 1. The number of nitrogens with one attached hydrogen (secondary N) is 1. The van der Waals surface area contributed by atoms with Crippen molar-refractivity contribution in [1.29, 1.82) is 0 Å². The molecule has 1 atom stereocenters. The van der Waals surface area contributed by atoms with Crippen molar-refractivity contribution in [3.05, 3.63) is 28.8 Å². The Labute approximate surface area is 139 Å². The number of amides is 1. The molecule has 4 nitrogen and oxygen atoms in total. The number of hydrogen-bond acceptors (Lipinski definition) is 4. The fraction of sp³-hybridized carbons (Fsp3) is 0.500. The molecule has 1 aliphatic carbocycles. The molecule has 1 amide bonds. The van der Waals surface area contributed by atoms with Crippen molar-refractivity contribution >= 4 is 35.2 Å². The maximum absolute atomic E-state index is 12.2. The van der Waals surface area contributed by atoms with Gasteiger partial charge < -0.3 is 10.1 Å². The second-order valence-corrected chi connectivity index (χ2v) is 6.67. The highest BCUT2D eigenvalue weighted by Crippen LogP contribution is 2.24. The molecule has 0 spiro atoms. The zero-order valence-electron chi connectivity index (χ0n) is 12.7. The zero-order chi connectivity index (χ0) is 16.1. The van der Waals surface area contributed by atoms with Crippen molar-refractivity contribution in [2.75, 3.05) is 6.26 Å². The maximum Gasteiger partial charge on any atom is 0.340 e. The van der Waals surface area contributed by atoms with E-state index in [1.54, 1.807) is 19.1 Å². The summed E-state index contributed by atoms with van der Waals surface area (Å²) in [5.41, 5.74) is 0.286. The second-order valence-electron chi connectivity index (χ2n) is 5.38. The van der Waals surface area contributed by atoms with Crippen LogP contribution in [0.25, 0.3) is 0 Å². The lowest BCUT2D eigenvalue weighted by atomic mass is 10.2. The van der Waals surface area contributed by atoms with Gasteiger partial charge >= 0.3 is 5.97 Å². The Morgan fingerprint density at radius 1 is 1.36 bits per heavy atom. The first kappa shape index (κ1) is 17.2. The van der Waals surface area contributed by atoms with Crippen LogP contribution >= 0.6 is 23.4 Å². The number of halogens is 1. The van der Waals surface area contributed by atoms with Crippen LogP contribution in [0.2, 0.25) is 5.02 Å². The lowest BCUT2D eigenvalue weighted by Gasteiger charge is -2.17. The van der Waals surface area contributed by atoms with Crippen molar-refractivity contribution in [1.82, 2.24) is 5.32 Å². The summed E-state index contributed by atoms with van der Waals surface area (Å²) in [6.07, 6.45) is 5.34. The number of hydrogen-bond donors (Lipinski definition) is 1. The number of rotatable bonds is 5. The van der Waals surface area contributed by atoms with Crippen LogP contribution in [0.3, 0.4) is 0 Å². The molecule has 0 bridgehead atoms. The van der Waals surface area contributed by atoms with Crippen LogP contribution in [0.4, 0.5) is 0 Å². The molecule has 1 unspecified atom stereocenters. The summed E-state index contributed by atoms with van der Waals surface area (Å²) in [4.78, 5) is 25.2. The number of carbonyl (C=O) groups excluding carboxylic acids is 2. The number of thioether (sulfide) groups is 1. The van der Waals surface area contributed by atoms with E-state index in [1.807, 2.05) is 12.3 Å². The Hall–Kier alpha value is -1.20. The lowest BCUT2D eigenvalue weighted by molar-refractivity contribution is -0.129. The fourth-order valence-corrected chi connectivity index (χ4v) is 3.09. The van der Waals surface area contributed by atoms with Gasteiger partial charge in [-0.15, -0.1) is 11.8 Å². The molecule has 120 valence electrons. The molecule has 1 aromatic carbocycles. The van der Waals surface area contributed by atoms with Gasteiger partial charge in [-0.2, -0.15) is 0 Å². The van der Waals surface area contributed by atoms with Gasteiger partial charge in [-0.1, -0.05) is 24.4 Å². The molecule has 1 aromatic rings. The van der Waals surface area contributed by atoms with E-state index in [4.69, 9.17) is 16.3 Å². The highest BCUT2D eigenvalue weighted by Gasteiger charge is 2.24. The standard InChI is InChI=1S/C16H20ClNO3S/c1-10(15(19)18-11-5-3-4-6-11)21-16(20)13-9-12(22-2)7-8-14(13)17/h7-11H,3-6H2,1-2H3,(H,18,19). The Balaban J connectivity index is 1.96. The van der Waals surface area contributed by atoms with E-state index >= 15 is 0 Å². The van der Waals surface area contributed by atoms with E-state index in [0.29, 0.717) is 5.02 Å². The normalized spacial score (nSPS) is 16.3. The molecule has 0 aromatic heterocycles. The van der Waals surface area contributed by atoms with E-state index in [-0.39, 0.29) is 17.5 Å². The van der Waals surface area contributed by atoms with Crippen molar-refractivity contribution < 1.29 is 14.3 Å². The third kappa shape index (κ3) is 4.40. The lowest BCUT2D eigenvalue weighted by Crippen LogP contribution is -2.40. The summed E-state index contributed by atoms with van der Waals surface area (Å²) in [5, 5.41) is 3.24. The first-order valence-corrected chi connectivity index (χ1v) is 8.96. The van der Waals surface area contributed by atoms with Crippen molar-refractivity contribution in [3.63, 3.8) is 0 Å². The van der Waals surface area contributed by atoms with Crippen molar-refractivity contribution in [2.45, 2.75) is 49.6 Å². The molecule has 1 aliphatic rings. The van der Waals surface area contributed by atoms with E-state index in [1.165, 1.54) is 11.8 Å². The topological polar surface area (TPSA) is 55.4 Å². The number of carbonyl (C=O) groups is 2. The smallest absolute Gasteiger partial charge is 0.340 e. The third-order valence-corrected chi connectivity index (χ3v) is 4.80. The summed E-state index contributed by atoms with van der Waals surface area (Å²) >= 11 is 7.55. The maximum atomic E-state index is 12.2. The molecule has 0 aliphatic heterocycles. The highest BCUT2D eigenvalue weighted by atomic mass is 35.5. The predicted octanol–water partition coefficient (Wildman–Crippen LogP) is 3.67. The van der Waals surface area contributed by atoms with E-state index in [0.717, 1.165) is 30.6 Å². The number of ether oxygens (including phenoxy) is 1. The van der Waals surface area contributed by atoms with Crippen molar-refractivity contribution in [3.8, 4) is 0 Å². The summed E-state index contributed by atoms with van der Waals surface area (Å²) in [6.45, 7) is 1.58. The first-order chi connectivity index (χ1) is 10.5. The minimum absolute atomic E-state index is 0.206. The predicted molar refractivity (Wildman–Crippen MR) is 88.5 cm³/mol. The SMILES string of the molecule is CSc1ccc(Cl)c(C(=O)OC(C)C(=O)NC2CCCC2)c1. The summed E-state index contributed by atoms with van der Waals surface area (Å²) in [5.74, 6) is -0.827.